The fraction of sp³-hybridized carbons (Fsp3) is 0.0833. The normalized spacial score (nSPS) is 9.93. The number of nitrogens with two attached hydrogens (primary N) is 1. The Morgan fingerprint density at radius 2 is 2.07 bits per heavy atom. The molecule has 2 heteroatoms. The molecule has 0 saturated carbocycles. The van der Waals surface area contributed by atoms with Crippen LogP contribution >= 0.6 is 0 Å². The van der Waals surface area contributed by atoms with Crippen LogP contribution in [-0.4, -0.2) is 5.78 Å². The molecule has 0 bridgehead atoms. The van der Waals surface area contributed by atoms with Crippen molar-refractivity contribution in [2.24, 2.45) is 0 Å². The summed E-state index contributed by atoms with van der Waals surface area (Å²) in [7, 11) is 0. The highest BCUT2D eigenvalue weighted by molar-refractivity contribution is 5.95. The largest absolute Gasteiger partial charge is 0.399 e. The van der Waals surface area contributed by atoms with Gasteiger partial charge in [0, 0.05) is 5.69 Å². The number of benzene rings is 1. The number of carbonyl (C=O) groups excluding carboxylic acids is 1. The lowest BCUT2D eigenvalue weighted by Crippen LogP contribution is -1.88. The Kier molecular flexibility index (Phi) is 3.51. The first-order valence-corrected chi connectivity index (χ1v) is 4.22. The van der Waals surface area contributed by atoms with Gasteiger partial charge >= 0.3 is 0 Å². The molecular formula is C12H11NO. The Labute approximate surface area is 83.4 Å². The van der Waals surface area contributed by atoms with Crippen molar-refractivity contribution < 1.29 is 4.79 Å². The molecule has 0 aliphatic heterocycles. The molecule has 0 heterocycles. The van der Waals surface area contributed by atoms with Crippen LogP contribution in [0.2, 0.25) is 0 Å². The highest BCUT2D eigenvalue weighted by Gasteiger charge is 1.92. The molecule has 70 valence electrons. The van der Waals surface area contributed by atoms with Gasteiger partial charge in [0.2, 0.25) is 0 Å². The van der Waals surface area contributed by atoms with E-state index in [-0.39, 0.29) is 12.2 Å². The average molecular weight is 185 g/mol. The van der Waals surface area contributed by atoms with Crippen molar-refractivity contribution in [2.45, 2.75) is 6.42 Å². The smallest absolute Gasteiger partial charge is 0.167 e. The Hall–Kier alpha value is -2.01. The van der Waals surface area contributed by atoms with E-state index in [1.54, 1.807) is 18.2 Å². The SMILES string of the molecule is C#CCC(=O)/C=C/c1ccc(N)cc1. The minimum Gasteiger partial charge on any atom is -0.399 e. The minimum absolute atomic E-state index is 0.0654. The zero-order chi connectivity index (χ0) is 10.4. The molecule has 14 heavy (non-hydrogen) atoms. The van der Waals surface area contributed by atoms with Crippen molar-refractivity contribution >= 4 is 17.5 Å². The standard InChI is InChI=1S/C12H11NO/c1-2-3-12(14)9-6-10-4-7-11(13)8-5-10/h1,4-9H,3,13H2/b9-6+. The van der Waals surface area contributed by atoms with Crippen molar-refractivity contribution in [3.05, 3.63) is 35.9 Å². The molecule has 0 aromatic heterocycles. The summed E-state index contributed by atoms with van der Waals surface area (Å²) in [5, 5.41) is 0. The van der Waals surface area contributed by atoms with Crippen LogP contribution in [0.4, 0.5) is 5.69 Å². The molecule has 0 spiro atoms. The van der Waals surface area contributed by atoms with E-state index >= 15 is 0 Å². The molecule has 1 aromatic rings. The van der Waals surface area contributed by atoms with Crippen molar-refractivity contribution in [2.75, 3.05) is 5.73 Å². The third-order valence-corrected chi connectivity index (χ3v) is 1.67. The van der Waals surface area contributed by atoms with Crippen LogP contribution < -0.4 is 5.73 Å². The number of nitrogen functional groups attached to an aromatic ring is 1. The second-order valence-corrected chi connectivity index (χ2v) is 2.85. The van der Waals surface area contributed by atoms with Gasteiger partial charge in [-0.05, 0) is 23.8 Å². The van der Waals surface area contributed by atoms with E-state index < -0.39 is 0 Å². The molecule has 0 unspecified atom stereocenters. The first kappa shape index (κ1) is 10.1. The minimum atomic E-state index is -0.0654. The van der Waals surface area contributed by atoms with E-state index in [9.17, 15) is 4.79 Å². The Bertz CT molecular complexity index is 382. The molecule has 0 radical (unpaired) electrons. The topological polar surface area (TPSA) is 43.1 Å². The molecule has 0 atom stereocenters. The van der Waals surface area contributed by atoms with Gasteiger partial charge in [-0.1, -0.05) is 24.1 Å². The van der Waals surface area contributed by atoms with Gasteiger partial charge < -0.3 is 5.73 Å². The summed E-state index contributed by atoms with van der Waals surface area (Å²) >= 11 is 0. The zero-order valence-electron chi connectivity index (χ0n) is 7.73. The summed E-state index contributed by atoms with van der Waals surface area (Å²) in [6, 6.07) is 7.25. The van der Waals surface area contributed by atoms with Crippen LogP contribution in [0.15, 0.2) is 30.3 Å². The fourth-order valence-electron chi connectivity index (χ4n) is 0.956. The number of ketones is 1. The molecule has 0 amide bonds. The predicted octanol–water partition coefficient (Wildman–Crippen LogP) is 1.87. The van der Waals surface area contributed by atoms with Crippen LogP contribution in [-0.2, 0) is 4.79 Å². The maximum absolute atomic E-state index is 11.0. The van der Waals surface area contributed by atoms with Gasteiger partial charge in [0.1, 0.15) is 0 Å². The number of allylic oxidation sites excluding steroid dienone is 1. The maximum Gasteiger partial charge on any atom is 0.167 e. The van der Waals surface area contributed by atoms with E-state index in [1.165, 1.54) is 6.08 Å². The lowest BCUT2D eigenvalue weighted by Gasteiger charge is -1.93. The monoisotopic (exact) mass is 185 g/mol. The van der Waals surface area contributed by atoms with Gasteiger partial charge in [-0.3, -0.25) is 4.79 Å². The Balaban J connectivity index is 2.65. The first-order chi connectivity index (χ1) is 6.72. The molecule has 1 aromatic carbocycles. The molecule has 0 saturated heterocycles. The van der Waals surface area contributed by atoms with E-state index in [4.69, 9.17) is 12.2 Å². The van der Waals surface area contributed by atoms with Gasteiger partial charge in [0.25, 0.3) is 0 Å². The summed E-state index contributed by atoms with van der Waals surface area (Å²) in [6.07, 6.45) is 8.34. The number of terminal acetylenes is 1. The quantitative estimate of drug-likeness (QED) is 0.444. The molecule has 1 rings (SSSR count). The molecule has 0 fully saturated rings. The fourth-order valence-corrected chi connectivity index (χ4v) is 0.956. The number of hydrogen-bond acceptors (Lipinski definition) is 2. The summed E-state index contributed by atoms with van der Waals surface area (Å²) in [4.78, 5) is 11.0. The predicted molar refractivity (Wildman–Crippen MR) is 58.3 cm³/mol. The molecule has 0 aliphatic rings. The van der Waals surface area contributed by atoms with Crippen LogP contribution in [0.3, 0.4) is 0 Å². The lowest BCUT2D eigenvalue weighted by molar-refractivity contribution is -0.113. The molecule has 2 N–H and O–H groups in total. The zero-order valence-corrected chi connectivity index (χ0v) is 7.73. The summed E-state index contributed by atoms with van der Waals surface area (Å²) in [5.74, 6) is 2.23. The van der Waals surface area contributed by atoms with E-state index in [0.717, 1.165) is 5.56 Å². The van der Waals surface area contributed by atoms with Crippen molar-refractivity contribution in [3.8, 4) is 12.3 Å². The average Bonchev–Trinajstić information content (AvgIpc) is 2.17. The van der Waals surface area contributed by atoms with Crippen molar-refractivity contribution in [3.63, 3.8) is 0 Å². The van der Waals surface area contributed by atoms with Gasteiger partial charge in [0.05, 0.1) is 6.42 Å². The number of anilines is 1. The highest BCUT2D eigenvalue weighted by atomic mass is 16.1. The summed E-state index contributed by atoms with van der Waals surface area (Å²) in [6.45, 7) is 0. The van der Waals surface area contributed by atoms with Gasteiger partial charge in [0.15, 0.2) is 5.78 Å². The maximum atomic E-state index is 11.0. The van der Waals surface area contributed by atoms with Crippen LogP contribution in [0, 0.1) is 12.3 Å². The molecule has 0 aliphatic carbocycles. The summed E-state index contributed by atoms with van der Waals surface area (Å²) in [5.41, 5.74) is 7.15. The Morgan fingerprint density at radius 3 is 2.64 bits per heavy atom. The molecular weight excluding hydrogens is 174 g/mol. The van der Waals surface area contributed by atoms with Crippen molar-refractivity contribution in [1.82, 2.24) is 0 Å². The highest BCUT2D eigenvalue weighted by Crippen LogP contribution is 2.07. The second-order valence-electron chi connectivity index (χ2n) is 2.85. The number of rotatable bonds is 3. The lowest BCUT2D eigenvalue weighted by atomic mass is 10.1. The van der Waals surface area contributed by atoms with E-state index in [2.05, 4.69) is 5.92 Å². The van der Waals surface area contributed by atoms with Crippen LogP contribution in [0.1, 0.15) is 12.0 Å². The van der Waals surface area contributed by atoms with Gasteiger partial charge in [-0.25, -0.2) is 0 Å². The number of hydrogen-bond donors (Lipinski definition) is 1. The first-order valence-electron chi connectivity index (χ1n) is 4.22. The van der Waals surface area contributed by atoms with E-state index in [0.29, 0.717) is 5.69 Å². The van der Waals surface area contributed by atoms with Gasteiger partial charge in [-0.15, -0.1) is 6.42 Å². The third kappa shape index (κ3) is 3.16. The Morgan fingerprint density at radius 1 is 1.43 bits per heavy atom. The van der Waals surface area contributed by atoms with Crippen molar-refractivity contribution in [1.29, 1.82) is 0 Å². The summed E-state index contributed by atoms with van der Waals surface area (Å²) < 4.78 is 0. The van der Waals surface area contributed by atoms with Crippen LogP contribution in [0.25, 0.3) is 6.08 Å². The second kappa shape index (κ2) is 4.88. The van der Waals surface area contributed by atoms with Crippen LogP contribution in [0.5, 0.6) is 0 Å². The van der Waals surface area contributed by atoms with Gasteiger partial charge in [-0.2, -0.15) is 0 Å². The third-order valence-electron chi connectivity index (χ3n) is 1.67. The number of carbonyl (C=O) groups is 1. The molecule has 2 nitrogen and oxygen atoms in total. The van der Waals surface area contributed by atoms with E-state index in [1.807, 2.05) is 12.1 Å².